The molecule has 0 radical (unpaired) electrons. The summed E-state index contributed by atoms with van der Waals surface area (Å²) in [5.74, 6) is 1.74. The average Bonchev–Trinajstić information content (AvgIpc) is 3.19. The minimum Gasteiger partial charge on any atom is -0.454 e. The van der Waals surface area contributed by atoms with E-state index in [-0.39, 0.29) is 25.2 Å². The van der Waals surface area contributed by atoms with Gasteiger partial charge in [-0.25, -0.2) is 0 Å². The highest BCUT2D eigenvalue weighted by atomic mass is 16.7. The number of likely N-dealkylation sites (tertiary alicyclic amines) is 1. The van der Waals surface area contributed by atoms with Gasteiger partial charge in [0.15, 0.2) is 11.5 Å². The number of carbonyl (C=O) groups excluding carboxylic acids is 1. The first-order valence-corrected chi connectivity index (χ1v) is 8.10. The number of benzene rings is 1. The summed E-state index contributed by atoms with van der Waals surface area (Å²) in [5, 5.41) is 9.63. The molecule has 2 atom stereocenters. The maximum absolute atomic E-state index is 12.7. The Morgan fingerprint density at radius 3 is 2.78 bits per heavy atom. The zero-order valence-corrected chi connectivity index (χ0v) is 13.7. The lowest BCUT2D eigenvalue weighted by molar-refractivity contribution is 0.0779. The molecule has 0 saturated carbocycles. The molecule has 3 rings (SSSR count). The van der Waals surface area contributed by atoms with Crippen molar-refractivity contribution in [3.63, 3.8) is 0 Å². The van der Waals surface area contributed by atoms with E-state index in [2.05, 4.69) is 18.9 Å². The summed E-state index contributed by atoms with van der Waals surface area (Å²) in [6, 6.07) is 5.29. The molecule has 1 fully saturated rings. The molecule has 0 unspecified atom stereocenters. The van der Waals surface area contributed by atoms with Crippen LogP contribution in [0.2, 0.25) is 0 Å². The van der Waals surface area contributed by atoms with Gasteiger partial charge < -0.3 is 24.4 Å². The van der Waals surface area contributed by atoms with Crippen molar-refractivity contribution >= 4 is 5.91 Å². The Balaban J connectivity index is 1.70. The summed E-state index contributed by atoms with van der Waals surface area (Å²) in [7, 11) is 2.07. The van der Waals surface area contributed by atoms with Gasteiger partial charge >= 0.3 is 0 Å². The lowest BCUT2D eigenvalue weighted by Gasteiger charge is -2.22. The van der Waals surface area contributed by atoms with Crippen LogP contribution in [0.25, 0.3) is 0 Å². The smallest absolute Gasteiger partial charge is 0.254 e. The fourth-order valence-corrected chi connectivity index (χ4v) is 3.26. The van der Waals surface area contributed by atoms with Crippen molar-refractivity contribution in [3.05, 3.63) is 23.8 Å². The quantitative estimate of drug-likeness (QED) is 0.878. The van der Waals surface area contributed by atoms with Crippen molar-refractivity contribution in [2.24, 2.45) is 11.8 Å². The topological polar surface area (TPSA) is 62.2 Å². The van der Waals surface area contributed by atoms with Crippen molar-refractivity contribution in [3.8, 4) is 11.5 Å². The normalized spacial score (nSPS) is 22.9. The van der Waals surface area contributed by atoms with E-state index in [0.717, 1.165) is 13.1 Å². The third-order valence-electron chi connectivity index (χ3n) is 4.80. The molecule has 2 heterocycles. The van der Waals surface area contributed by atoms with Crippen LogP contribution in [0.15, 0.2) is 18.2 Å². The molecule has 0 bridgehead atoms. The molecular formula is C17H24N2O4. The first kappa shape index (κ1) is 16.1. The van der Waals surface area contributed by atoms with Crippen molar-refractivity contribution in [2.75, 3.05) is 46.6 Å². The molecule has 1 amide bonds. The van der Waals surface area contributed by atoms with E-state index in [9.17, 15) is 9.90 Å². The highest BCUT2D eigenvalue weighted by Gasteiger charge is 2.35. The second-order valence-corrected chi connectivity index (χ2v) is 6.34. The molecule has 23 heavy (non-hydrogen) atoms. The molecule has 1 aromatic rings. The molecule has 2 aliphatic rings. The molecule has 0 aromatic heterocycles. The number of fused-ring (bicyclic) bond motifs is 1. The maximum atomic E-state index is 12.7. The van der Waals surface area contributed by atoms with Crippen LogP contribution in [0, 0.1) is 11.8 Å². The summed E-state index contributed by atoms with van der Waals surface area (Å²) < 4.78 is 10.6. The van der Waals surface area contributed by atoms with Gasteiger partial charge in [0.1, 0.15) is 0 Å². The molecule has 6 heteroatoms. The van der Waals surface area contributed by atoms with Gasteiger partial charge in [0.2, 0.25) is 6.79 Å². The van der Waals surface area contributed by atoms with E-state index in [4.69, 9.17) is 9.47 Å². The standard InChI is InChI=1S/C17H24N2O4/c1-3-18(2)7-13-8-19(9-14(13)10-20)17(21)12-4-5-15-16(6-12)23-11-22-15/h4-6,13-14,20H,3,7-11H2,1-2H3/t13-,14-/m1/s1. The predicted octanol–water partition coefficient (Wildman–Crippen LogP) is 1.05. The number of rotatable bonds is 5. The first-order chi connectivity index (χ1) is 11.1. The lowest BCUT2D eigenvalue weighted by atomic mass is 9.96. The van der Waals surface area contributed by atoms with E-state index in [1.165, 1.54) is 0 Å². The van der Waals surface area contributed by atoms with Gasteiger partial charge in [-0.3, -0.25) is 4.79 Å². The van der Waals surface area contributed by atoms with Crippen LogP contribution in [0.3, 0.4) is 0 Å². The van der Waals surface area contributed by atoms with E-state index >= 15 is 0 Å². The molecule has 0 spiro atoms. The molecule has 2 aliphatic heterocycles. The first-order valence-electron chi connectivity index (χ1n) is 8.10. The molecule has 6 nitrogen and oxygen atoms in total. The highest BCUT2D eigenvalue weighted by molar-refractivity contribution is 5.95. The summed E-state index contributed by atoms with van der Waals surface area (Å²) in [5.41, 5.74) is 0.607. The van der Waals surface area contributed by atoms with Crippen molar-refractivity contribution in [1.29, 1.82) is 0 Å². The Kier molecular flexibility index (Phi) is 4.73. The summed E-state index contributed by atoms with van der Waals surface area (Å²) in [6.45, 7) is 5.58. The fourth-order valence-electron chi connectivity index (χ4n) is 3.26. The van der Waals surface area contributed by atoms with E-state index in [0.29, 0.717) is 36.1 Å². The second-order valence-electron chi connectivity index (χ2n) is 6.34. The van der Waals surface area contributed by atoms with Gasteiger partial charge in [-0.2, -0.15) is 0 Å². The zero-order valence-electron chi connectivity index (χ0n) is 13.7. The number of aliphatic hydroxyl groups excluding tert-OH is 1. The Morgan fingerprint density at radius 1 is 1.30 bits per heavy atom. The minimum atomic E-state index is -0.0107. The van der Waals surface area contributed by atoms with Gasteiger partial charge in [0, 0.05) is 37.7 Å². The number of carbonyl (C=O) groups is 1. The zero-order chi connectivity index (χ0) is 16.4. The van der Waals surface area contributed by atoms with Crippen LogP contribution < -0.4 is 9.47 Å². The number of hydrogen-bond donors (Lipinski definition) is 1. The SMILES string of the molecule is CCN(C)C[C@@H]1CN(C(=O)c2ccc3c(c2)OCO3)C[C@@H]1CO. The summed E-state index contributed by atoms with van der Waals surface area (Å²) in [6.07, 6.45) is 0. The van der Waals surface area contributed by atoms with Gasteiger partial charge in [-0.05, 0) is 37.7 Å². The third kappa shape index (κ3) is 3.28. The molecule has 126 valence electrons. The van der Waals surface area contributed by atoms with E-state index in [1.54, 1.807) is 18.2 Å². The molecule has 0 aliphatic carbocycles. The number of amides is 1. The Bertz CT molecular complexity index is 578. The second kappa shape index (κ2) is 6.76. The number of ether oxygens (including phenoxy) is 2. The molecule has 1 aromatic carbocycles. The summed E-state index contributed by atoms with van der Waals surface area (Å²) in [4.78, 5) is 16.8. The van der Waals surface area contributed by atoms with Gasteiger partial charge in [0.25, 0.3) is 5.91 Å². The number of hydrogen-bond acceptors (Lipinski definition) is 5. The Morgan fingerprint density at radius 2 is 2.04 bits per heavy atom. The van der Waals surface area contributed by atoms with Gasteiger partial charge in [-0.15, -0.1) is 0 Å². The number of aliphatic hydroxyl groups is 1. The van der Waals surface area contributed by atoms with Gasteiger partial charge in [-0.1, -0.05) is 6.92 Å². The highest BCUT2D eigenvalue weighted by Crippen LogP contribution is 2.33. The fraction of sp³-hybridized carbons (Fsp3) is 0.588. The monoisotopic (exact) mass is 320 g/mol. The Labute approximate surface area is 136 Å². The molecular weight excluding hydrogens is 296 g/mol. The third-order valence-corrected chi connectivity index (χ3v) is 4.80. The van der Waals surface area contributed by atoms with Crippen molar-refractivity contribution in [1.82, 2.24) is 9.80 Å². The summed E-state index contributed by atoms with van der Waals surface area (Å²) >= 11 is 0. The van der Waals surface area contributed by atoms with Crippen LogP contribution in [-0.4, -0.2) is 67.4 Å². The Hall–Kier alpha value is -1.79. The predicted molar refractivity (Wildman–Crippen MR) is 85.7 cm³/mol. The number of nitrogens with zero attached hydrogens (tertiary/aromatic N) is 2. The average molecular weight is 320 g/mol. The lowest BCUT2D eigenvalue weighted by Crippen LogP contribution is -2.32. The van der Waals surface area contributed by atoms with Crippen molar-refractivity contribution < 1.29 is 19.4 Å². The maximum Gasteiger partial charge on any atom is 0.254 e. The van der Waals surface area contributed by atoms with E-state index in [1.807, 2.05) is 4.90 Å². The van der Waals surface area contributed by atoms with Crippen LogP contribution >= 0.6 is 0 Å². The largest absolute Gasteiger partial charge is 0.454 e. The van der Waals surface area contributed by atoms with Crippen LogP contribution in [-0.2, 0) is 0 Å². The van der Waals surface area contributed by atoms with Crippen LogP contribution in [0.5, 0.6) is 11.5 Å². The minimum absolute atomic E-state index is 0.0107. The van der Waals surface area contributed by atoms with Gasteiger partial charge in [0.05, 0.1) is 0 Å². The molecule has 1 saturated heterocycles. The van der Waals surface area contributed by atoms with Crippen molar-refractivity contribution in [2.45, 2.75) is 6.92 Å². The van der Waals surface area contributed by atoms with Crippen LogP contribution in [0.4, 0.5) is 0 Å². The molecule has 1 N–H and O–H groups in total. The van der Waals surface area contributed by atoms with Crippen LogP contribution in [0.1, 0.15) is 17.3 Å². The van der Waals surface area contributed by atoms with E-state index < -0.39 is 0 Å².